The maximum Gasteiger partial charge on any atom is 0.221 e. The van der Waals surface area contributed by atoms with Crippen LogP contribution in [0.5, 0.6) is 0 Å². The molecule has 2 rings (SSSR count). The smallest absolute Gasteiger partial charge is 0.221 e. The first-order valence-corrected chi connectivity index (χ1v) is 7.53. The van der Waals surface area contributed by atoms with E-state index < -0.39 is 0 Å². The van der Waals surface area contributed by atoms with Crippen molar-refractivity contribution in [2.24, 2.45) is 0 Å². The Bertz CT molecular complexity index is 613. The minimum absolute atomic E-state index is 0.0552. The van der Waals surface area contributed by atoms with Gasteiger partial charge in [0.15, 0.2) is 0 Å². The first-order valence-electron chi connectivity index (χ1n) is 6.45. The van der Waals surface area contributed by atoms with Crippen molar-refractivity contribution in [2.75, 3.05) is 10.6 Å². The third-order valence-corrected chi connectivity index (χ3v) is 3.89. The van der Waals surface area contributed by atoms with Crippen LogP contribution in [0.1, 0.15) is 25.5 Å². The number of amides is 1. The average Bonchev–Trinajstić information content (AvgIpc) is 2.41. The Hall–Kier alpha value is -1.56. The Morgan fingerprint density at radius 2 is 1.90 bits per heavy atom. The zero-order valence-corrected chi connectivity index (χ0v) is 13.6. The maximum atomic E-state index is 11.1. The number of rotatable bonds is 4. The van der Waals surface area contributed by atoms with E-state index in [1.807, 2.05) is 30.3 Å². The van der Waals surface area contributed by atoms with Gasteiger partial charge in [0.1, 0.15) is 0 Å². The van der Waals surface area contributed by atoms with Crippen LogP contribution in [0, 0.1) is 3.57 Å². The van der Waals surface area contributed by atoms with E-state index in [1.54, 1.807) is 0 Å². The van der Waals surface area contributed by atoms with Gasteiger partial charge >= 0.3 is 0 Å². The summed E-state index contributed by atoms with van der Waals surface area (Å²) in [4.78, 5) is 11.1. The highest BCUT2D eigenvalue weighted by Crippen LogP contribution is 2.24. The first-order chi connectivity index (χ1) is 9.56. The number of anilines is 2. The van der Waals surface area contributed by atoms with Gasteiger partial charge < -0.3 is 10.6 Å². The lowest BCUT2D eigenvalue weighted by atomic mass is 10.1. The highest BCUT2D eigenvalue weighted by Gasteiger charge is 2.08. The summed E-state index contributed by atoms with van der Waals surface area (Å²) in [6, 6.07) is 16.2. The number of hydrogen-bond donors (Lipinski definition) is 2. The predicted molar refractivity (Wildman–Crippen MR) is 91.9 cm³/mol. The summed E-state index contributed by atoms with van der Waals surface area (Å²) in [7, 11) is 0. The van der Waals surface area contributed by atoms with Gasteiger partial charge in [-0.25, -0.2) is 0 Å². The number of carbonyl (C=O) groups excluding carboxylic acids is 1. The first kappa shape index (κ1) is 14.8. The van der Waals surface area contributed by atoms with Gasteiger partial charge in [0.05, 0.1) is 0 Å². The minimum Gasteiger partial charge on any atom is -0.378 e. The molecular formula is C16H17IN2O. The molecule has 1 unspecified atom stereocenters. The second-order valence-corrected chi connectivity index (χ2v) is 5.81. The number of carbonyl (C=O) groups is 1. The van der Waals surface area contributed by atoms with Gasteiger partial charge in [-0.3, -0.25) is 4.79 Å². The third kappa shape index (κ3) is 3.96. The molecule has 20 heavy (non-hydrogen) atoms. The molecule has 0 aliphatic carbocycles. The fourth-order valence-corrected chi connectivity index (χ4v) is 2.53. The van der Waals surface area contributed by atoms with E-state index in [0.29, 0.717) is 0 Å². The van der Waals surface area contributed by atoms with Gasteiger partial charge in [-0.1, -0.05) is 24.3 Å². The molecule has 1 amide bonds. The van der Waals surface area contributed by atoms with E-state index in [1.165, 1.54) is 10.5 Å². The van der Waals surface area contributed by atoms with Crippen molar-refractivity contribution in [1.82, 2.24) is 0 Å². The summed E-state index contributed by atoms with van der Waals surface area (Å²) in [5.74, 6) is -0.0552. The van der Waals surface area contributed by atoms with E-state index in [9.17, 15) is 4.79 Å². The molecule has 0 aromatic heterocycles. The van der Waals surface area contributed by atoms with Gasteiger partial charge in [0.2, 0.25) is 5.91 Å². The molecule has 1 atom stereocenters. The molecule has 0 fully saturated rings. The van der Waals surface area contributed by atoms with E-state index >= 15 is 0 Å². The van der Waals surface area contributed by atoms with Crippen LogP contribution in [0.3, 0.4) is 0 Å². The lowest BCUT2D eigenvalue weighted by Crippen LogP contribution is -2.09. The molecule has 2 N–H and O–H groups in total. The van der Waals surface area contributed by atoms with E-state index in [-0.39, 0.29) is 11.9 Å². The third-order valence-electron chi connectivity index (χ3n) is 2.95. The van der Waals surface area contributed by atoms with Gasteiger partial charge in [-0.2, -0.15) is 0 Å². The molecule has 2 aromatic rings. The number of nitrogens with one attached hydrogen (secondary N) is 2. The lowest BCUT2D eigenvalue weighted by Gasteiger charge is -2.17. The standard InChI is InChI=1S/C16H17IN2O/c1-11(18-16-9-4-3-8-15(16)17)13-6-5-7-14(10-13)19-12(2)20/h3-11,18H,1-2H3,(H,19,20). The fraction of sp³-hybridized carbons (Fsp3) is 0.188. The van der Waals surface area contributed by atoms with Crippen molar-refractivity contribution in [2.45, 2.75) is 19.9 Å². The van der Waals surface area contributed by atoms with Gasteiger partial charge in [0, 0.05) is 27.9 Å². The van der Waals surface area contributed by atoms with Gasteiger partial charge in [-0.05, 0) is 59.3 Å². The largest absolute Gasteiger partial charge is 0.378 e. The van der Waals surface area contributed by atoms with Gasteiger partial charge in [-0.15, -0.1) is 0 Å². The van der Waals surface area contributed by atoms with Crippen LogP contribution in [0.2, 0.25) is 0 Å². The van der Waals surface area contributed by atoms with Crippen LogP contribution < -0.4 is 10.6 Å². The van der Waals surface area contributed by atoms with Crippen LogP contribution in [0.4, 0.5) is 11.4 Å². The van der Waals surface area contributed by atoms with Crippen LogP contribution in [0.25, 0.3) is 0 Å². The normalized spacial score (nSPS) is 11.8. The second kappa shape index (κ2) is 6.74. The molecule has 3 nitrogen and oxygen atoms in total. The number of benzene rings is 2. The zero-order valence-electron chi connectivity index (χ0n) is 11.5. The molecule has 0 bridgehead atoms. The summed E-state index contributed by atoms with van der Waals surface area (Å²) >= 11 is 2.32. The van der Waals surface area contributed by atoms with Crippen LogP contribution in [0.15, 0.2) is 48.5 Å². The summed E-state index contributed by atoms with van der Waals surface area (Å²) < 4.78 is 1.19. The zero-order chi connectivity index (χ0) is 14.5. The molecule has 104 valence electrons. The Morgan fingerprint density at radius 3 is 2.60 bits per heavy atom. The summed E-state index contributed by atoms with van der Waals surface area (Å²) in [6.45, 7) is 3.62. The quantitative estimate of drug-likeness (QED) is 0.771. The van der Waals surface area contributed by atoms with E-state index in [4.69, 9.17) is 0 Å². The van der Waals surface area contributed by atoms with E-state index in [2.05, 4.69) is 58.3 Å². The minimum atomic E-state index is -0.0552. The highest BCUT2D eigenvalue weighted by molar-refractivity contribution is 14.1. The highest BCUT2D eigenvalue weighted by atomic mass is 127. The number of halogens is 1. The molecule has 4 heteroatoms. The predicted octanol–water partition coefficient (Wildman–Crippen LogP) is 4.42. The summed E-state index contributed by atoms with van der Waals surface area (Å²) in [5, 5.41) is 6.29. The number of hydrogen-bond acceptors (Lipinski definition) is 2. The van der Waals surface area contributed by atoms with Crippen molar-refractivity contribution in [3.05, 3.63) is 57.7 Å². The van der Waals surface area contributed by atoms with Crippen LogP contribution in [-0.4, -0.2) is 5.91 Å². The molecule has 0 saturated heterocycles. The van der Waals surface area contributed by atoms with Crippen molar-refractivity contribution in [3.8, 4) is 0 Å². The SMILES string of the molecule is CC(=O)Nc1cccc(C(C)Nc2ccccc2I)c1. The maximum absolute atomic E-state index is 11.1. The summed E-state index contributed by atoms with van der Waals surface area (Å²) in [5.41, 5.74) is 3.08. The molecule has 0 heterocycles. The monoisotopic (exact) mass is 380 g/mol. The van der Waals surface area contributed by atoms with E-state index in [0.717, 1.165) is 16.9 Å². The van der Waals surface area contributed by atoms with Crippen molar-refractivity contribution >= 4 is 39.9 Å². The Kier molecular flexibility index (Phi) is 5.00. The average molecular weight is 380 g/mol. The van der Waals surface area contributed by atoms with Crippen LogP contribution in [-0.2, 0) is 4.79 Å². The Balaban J connectivity index is 2.15. The Labute approximate surface area is 132 Å². The summed E-state index contributed by atoms with van der Waals surface area (Å²) in [6.07, 6.45) is 0. The topological polar surface area (TPSA) is 41.1 Å². The molecule has 0 aliphatic heterocycles. The van der Waals surface area contributed by atoms with Crippen LogP contribution >= 0.6 is 22.6 Å². The molecule has 0 radical (unpaired) electrons. The molecule has 0 aliphatic rings. The Morgan fingerprint density at radius 1 is 1.15 bits per heavy atom. The van der Waals surface area contributed by atoms with Crippen molar-refractivity contribution < 1.29 is 4.79 Å². The fourth-order valence-electron chi connectivity index (χ4n) is 1.98. The molecular weight excluding hydrogens is 363 g/mol. The molecule has 2 aromatic carbocycles. The van der Waals surface area contributed by atoms with Crippen molar-refractivity contribution in [1.29, 1.82) is 0 Å². The molecule has 0 spiro atoms. The second-order valence-electron chi connectivity index (χ2n) is 4.65. The lowest BCUT2D eigenvalue weighted by molar-refractivity contribution is -0.114. The molecule has 0 saturated carbocycles. The number of para-hydroxylation sites is 1. The van der Waals surface area contributed by atoms with Crippen molar-refractivity contribution in [3.63, 3.8) is 0 Å². The van der Waals surface area contributed by atoms with Gasteiger partial charge in [0.25, 0.3) is 0 Å².